The molecule has 1 saturated carbocycles. The minimum Gasteiger partial charge on any atom is -0.445 e. The lowest BCUT2D eigenvalue weighted by molar-refractivity contribution is -0.134. The summed E-state index contributed by atoms with van der Waals surface area (Å²) in [5, 5.41) is 2.87. The maximum atomic E-state index is 12.5. The second-order valence-corrected chi connectivity index (χ2v) is 10.0. The molecule has 2 aliphatic rings. The number of hydrogen-bond donors (Lipinski definition) is 1. The van der Waals surface area contributed by atoms with E-state index in [1.165, 1.54) is 11.1 Å². The molecule has 1 N–H and O–H groups in total. The van der Waals surface area contributed by atoms with Crippen molar-refractivity contribution in [3.63, 3.8) is 0 Å². The molecule has 4 rings (SSSR count). The summed E-state index contributed by atoms with van der Waals surface area (Å²) in [6.07, 6.45) is 5.67. The van der Waals surface area contributed by atoms with Crippen molar-refractivity contribution in [2.45, 2.75) is 77.3 Å². The van der Waals surface area contributed by atoms with Crippen LogP contribution in [0.2, 0.25) is 0 Å². The van der Waals surface area contributed by atoms with Crippen molar-refractivity contribution < 1.29 is 22.4 Å². The van der Waals surface area contributed by atoms with Crippen molar-refractivity contribution in [3.05, 3.63) is 58.7 Å². The molecule has 0 saturated heterocycles. The van der Waals surface area contributed by atoms with E-state index >= 15 is 0 Å². The van der Waals surface area contributed by atoms with Gasteiger partial charge in [0.2, 0.25) is 11.8 Å². The van der Waals surface area contributed by atoms with E-state index in [2.05, 4.69) is 20.2 Å². The number of hydrogen-bond acceptors (Lipinski definition) is 5. The third kappa shape index (κ3) is 8.18. The first kappa shape index (κ1) is 26.4. The molecule has 2 aromatic rings. The van der Waals surface area contributed by atoms with E-state index in [0.717, 1.165) is 70.3 Å². The Labute approximate surface area is 210 Å². The smallest absolute Gasteiger partial charge is 0.389 e. The quantitative estimate of drug-likeness (QED) is 0.542. The monoisotopic (exact) mass is 504 g/mol. The number of alkyl halides is 3. The number of pyridine rings is 1. The molecular formula is C27H35F3N4O2. The first-order valence-electron chi connectivity index (χ1n) is 12.9. The van der Waals surface area contributed by atoms with Gasteiger partial charge in [0.1, 0.15) is 12.2 Å². The number of aryl methyl sites for hydroxylation is 2. The van der Waals surface area contributed by atoms with Crippen LogP contribution < -0.4 is 5.32 Å². The number of nitrogens with zero attached hydrogens (tertiary/aromatic N) is 3. The normalized spacial score (nSPS) is 19.0. The topological polar surface area (TPSA) is 71.3 Å². The van der Waals surface area contributed by atoms with Gasteiger partial charge in [-0.3, -0.25) is 9.78 Å². The average molecular weight is 505 g/mol. The summed E-state index contributed by atoms with van der Waals surface area (Å²) >= 11 is 0. The lowest BCUT2D eigenvalue weighted by atomic mass is 9.84. The van der Waals surface area contributed by atoms with Crippen LogP contribution in [0.5, 0.6) is 0 Å². The van der Waals surface area contributed by atoms with Crippen molar-refractivity contribution in [1.29, 1.82) is 0 Å². The van der Waals surface area contributed by atoms with Crippen LogP contribution >= 0.6 is 0 Å². The Morgan fingerprint density at radius 3 is 2.69 bits per heavy atom. The highest BCUT2D eigenvalue weighted by molar-refractivity contribution is 5.78. The Bertz CT molecular complexity index is 1050. The van der Waals surface area contributed by atoms with E-state index in [1.54, 1.807) is 19.2 Å². The van der Waals surface area contributed by atoms with E-state index < -0.39 is 12.6 Å². The molecule has 1 amide bonds. The highest BCUT2D eigenvalue weighted by Gasteiger charge is 2.27. The maximum Gasteiger partial charge on any atom is 0.389 e. The molecule has 1 aliphatic carbocycles. The Morgan fingerprint density at radius 2 is 1.97 bits per heavy atom. The molecule has 6 nitrogen and oxygen atoms in total. The second-order valence-electron chi connectivity index (χ2n) is 10.0. The van der Waals surface area contributed by atoms with Crippen molar-refractivity contribution in [1.82, 2.24) is 20.2 Å². The third-order valence-corrected chi connectivity index (χ3v) is 7.17. The molecule has 196 valence electrons. The zero-order valence-electron chi connectivity index (χ0n) is 20.9. The van der Waals surface area contributed by atoms with Crippen molar-refractivity contribution in [3.8, 4) is 0 Å². The Kier molecular flexibility index (Phi) is 8.82. The first-order chi connectivity index (χ1) is 17.2. The van der Waals surface area contributed by atoms with Gasteiger partial charge in [-0.2, -0.15) is 13.2 Å². The minimum absolute atomic E-state index is 0.0524. The number of carbonyl (C=O) groups is 1. The van der Waals surface area contributed by atoms with Crippen LogP contribution in [0, 0.1) is 12.8 Å². The molecule has 0 atom stereocenters. The number of allylic oxidation sites excluding steroid dienone is 1. The van der Waals surface area contributed by atoms with Crippen LogP contribution in [-0.4, -0.2) is 46.6 Å². The molecule has 0 radical (unpaired) electrons. The van der Waals surface area contributed by atoms with Crippen molar-refractivity contribution in [2.24, 2.45) is 5.92 Å². The Balaban J connectivity index is 1.16. The lowest BCUT2D eigenvalue weighted by Crippen LogP contribution is -2.29. The number of nitrogens with one attached hydrogen (secondary N) is 1. The summed E-state index contributed by atoms with van der Waals surface area (Å²) < 4.78 is 43.0. The molecule has 0 spiro atoms. The zero-order valence-corrected chi connectivity index (χ0v) is 20.9. The van der Waals surface area contributed by atoms with Crippen LogP contribution in [0.1, 0.15) is 67.1 Å². The Morgan fingerprint density at radius 1 is 1.19 bits per heavy atom. The summed E-state index contributed by atoms with van der Waals surface area (Å²) in [5.74, 6) is 1.69. The third-order valence-electron chi connectivity index (χ3n) is 7.17. The van der Waals surface area contributed by atoms with E-state index in [0.29, 0.717) is 23.3 Å². The average Bonchev–Trinajstić information content (AvgIpc) is 3.14. The molecular weight excluding hydrogens is 469 g/mol. The summed E-state index contributed by atoms with van der Waals surface area (Å²) in [5.41, 5.74) is 3.95. The first-order valence-corrected chi connectivity index (χ1v) is 12.9. The van der Waals surface area contributed by atoms with Gasteiger partial charge >= 0.3 is 6.18 Å². The van der Waals surface area contributed by atoms with E-state index in [-0.39, 0.29) is 18.7 Å². The number of aromatic nitrogens is 2. The fraction of sp³-hybridized carbons (Fsp3) is 0.593. The van der Waals surface area contributed by atoms with Crippen molar-refractivity contribution >= 4 is 5.91 Å². The predicted octanol–water partition coefficient (Wildman–Crippen LogP) is 5.10. The molecule has 3 heterocycles. The molecule has 2 aromatic heterocycles. The van der Waals surface area contributed by atoms with Gasteiger partial charge in [0.25, 0.3) is 0 Å². The van der Waals surface area contributed by atoms with E-state index in [1.807, 2.05) is 12.3 Å². The van der Waals surface area contributed by atoms with Gasteiger partial charge in [-0.15, -0.1) is 0 Å². The van der Waals surface area contributed by atoms with Gasteiger partial charge in [-0.1, -0.05) is 11.6 Å². The fourth-order valence-electron chi connectivity index (χ4n) is 5.01. The minimum atomic E-state index is -4.15. The molecule has 9 heteroatoms. The summed E-state index contributed by atoms with van der Waals surface area (Å²) in [6.45, 7) is 4.70. The van der Waals surface area contributed by atoms with Gasteiger partial charge in [0.05, 0.1) is 6.20 Å². The Hall–Kier alpha value is -2.68. The van der Waals surface area contributed by atoms with Crippen LogP contribution in [0.25, 0.3) is 0 Å². The van der Waals surface area contributed by atoms with Gasteiger partial charge < -0.3 is 14.6 Å². The molecule has 0 aromatic carbocycles. The second kappa shape index (κ2) is 12.0. The summed E-state index contributed by atoms with van der Waals surface area (Å²) in [6, 6.07) is 3.72. The molecule has 1 fully saturated rings. The largest absolute Gasteiger partial charge is 0.445 e. The fourth-order valence-corrected chi connectivity index (χ4v) is 5.01. The maximum absolute atomic E-state index is 12.5. The number of carbonyl (C=O) groups excluding carboxylic acids is 1. The lowest BCUT2D eigenvalue weighted by Gasteiger charge is -2.27. The molecule has 1 aliphatic heterocycles. The zero-order chi connectivity index (χ0) is 25.5. The number of rotatable bonds is 8. The summed E-state index contributed by atoms with van der Waals surface area (Å²) in [4.78, 5) is 23.2. The van der Waals surface area contributed by atoms with Gasteiger partial charge in [-0.05, 0) is 76.0 Å². The van der Waals surface area contributed by atoms with Gasteiger partial charge in [0, 0.05) is 43.5 Å². The summed E-state index contributed by atoms with van der Waals surface area (Å²) in [7, 11) is 0. The number of halogens is 3. The molecule has 36 heavy (non-hydrogen) atoms. The van der Waals surface area contributed by atoms with Crippen LogP contribution in [-0.2, 0) is 30.5 Å². The SMILES string of the molecule is Cc1cnc(CC(=O)NC=C2CCC(CCN3CCc4ccc(CCC(F)(F)F)nc4CC3)CC2)o1. The van der Waals surface area contributed by atoms with Gasteiger partial charge in [-0.25, -0.2) is 4.98 Å². The van der Waals surface area contributed by atoms with Crippen molar-refractivity contribution in [2.75, 3.05) is 19.6 Å². The number of fused-ring (bicyclic) bond motifs is 1. The number of oxazole rings is 1. The van der Waals surface area contributed by atoms with E-state index in [4.69, 9.17) is 4.42 Å². The van der Waals surface area contributed by atoms with Crippen LogP contribution in [0.3, 0.4) is 0 Å². The highest BCUT2D eigenvalue weighted by Crippen LogP contribution is 2.30. The highest BCUT2D eigenvalue weighted by atomic mass is 19.4. The number of amides is 1. The van der Waals surface area contributed by atoms with E-state index in [9.17, 15) is 18.0 Å². The predicted molar refractivity (Wildman–Crippen MR) is 130 cm³/mol. The standard InChI is InChI=1S/C27H35F3N4O2/c1-19-17-32-26(36-19)16-25(35)31-18-21-4-2-20(3-5-21)9-13-34-14-10-22-6-7-23(8-12-27(28,29)30)33-24(22)11-15-34/h6-7,17-18,20H,2-5,8-16H2,1H3,(H,31,35). The van der Waals surface area contributed by atoms with Gasteiger partial charge in [0.15, 0.2) is 0 Å². The molecule has 0 unspecified atom stereocenters. The van der Waals surface area contributed by atoms with Crippen LogP contribution in [0.15, 0.2) is 34.5 Å². The van der Waals surface area contributed by atoms with Crippen LogP contribution in [0.4, 0.5) is 13.2 Å². The molecule has 0 bridgehead atoms.